The molecule has 2 heterocycles. The average molecular weight is 344 g/mol. The molecule has 0 atom stereocenters. The van der Waals surface area contributed by atoms with Gasteiger partial charge in [-0.25, -0.2) is 4.57 Å². The Kier molecular flexibility index (Phi) is 3.87. The third-order valence-corrected chi connectivity index (χ3v) is 5.40. The second-order valence-electron chi connectivity index (χ2n) is 7.80. The van der Waals surface area contributed by atoms with Crippen molar-refractivity contribution in [1.82, 2.24) is 0 Å². The van der Waals surface area contributed by atoms with Crippen molar-refractivity contribution in [2.24, 2.45) is 7.05 Å². The SMILES string of the molecule is Cc1ccc2c(c1)oc1c(-c3cc(C(C)C)c(C)c[n+]3C)c(C)ccc12. The molecule has 0 N–H and O–H groups in total. The molecule has 0 aliphatic heterocycles. The number of benzene rings is 2. The number of pyridine rings is 1. The van der Waals surface area contributed by atoms with E-state index in [1.54, 1.807) is 0 Å². The molecule has 4 rings (SSSR count). The van der Waals surface area contributed by atoms with Gasteiger partial charge in [0, 0.05) is 22.4 Å². The zero-order valence-corrected chi connectivity index (χ0v) is 16.5. The second-order valence-corrected chi connectivity index (χ2v) is 7.80. The van der Waals surface area contributed by atoms with Crippen molar-refractivity contribution in [3.05, 3.63) is 64.8 Å². The van der Waals surface area contributed by atoms with Gasteiger partial charge < -0.3 is 4.42 Å². The summed E-state index contributed by atoms with van der Waals surface area (Å²) in [6, 6.07) is 13.2. The molecule has 2 nitrogen and oxygen atoms in total. The van der Waals surface area contributed by atoms with Gasteiger partial charge in [-0.3, -0.25) is 0 Å². The first-order chi connectivity index (χ1) is 12.4. The standard InChI is InChI=1S/C24H26NO/c1-14(2)20-12-21(25(6)13-17(20)5)23-16(4)8-10-19-18-9-7-15(3)11-22(18)26-24(19)23/h7-14H,1-6H3/q+1. The Morgan fingerprint density at radius 2 is 1.62 bits per heavy atom. The van der Waals surface area contributed by atoms with Crippen LogP contribution in [0.5, 0.6) is 0 Å². The molecule has 0 fully saturated rings. The fourth-order valence-corrected chi connectivity index (χ4v) is 4.03. The van der Waals surface area contributed by atoms with Gasteiger partial charge in [0.1, 0.15) is 18.2 Å². The van der Waals surface area contributed by atoms with E-state index in [1.807, 2.05) is 0 Å². The van der Waals surface area contributed by atoms with Crippen LogP contribution in [0.3, 0.4) is 0 Å². The maximum absolute atomic E-state index is 6.37. The predicted octanol–water partition coefficient (Wildman–Crippen LogP) is 6.13. The minimum Gasteiger partial charge on any atom is -0.455 e. The van der Waals surface area contributed by atoms with E-state index in [0.29, 0.717) is 5.92 Å². The van der Waals surface area contributed by atoms with E-state index in [4.69, 9.17) is 4.42 Å². The minimum atomic E-state index is 0.493. The Balaban J connectivity index is 2.10. The van der Waals surface area contributed by atoms with Gasteiger partial charge in [-0.05, 0) is 49.4 Å². The molecule has 2 heteroatoms. The number of rotatable bonds is 2. The van der Waals surface area contributed by atoms with Gasteiger partial charge in [0.05, 0.1) is 5.56 Å². The largest absolute Gasteiger partial charge is 0.455 e. The van der Waals surface area contributed by atoms with Crippen LogP contribution in [0.1, 0.15) is 42.0 Å². The van der Waals surface area contributed by atoms with E-state index >= 15 is 0 Å². The number of furan rings is 1. The lowest BCUT2D eigenvalue weighted by atomic mass is 9.94. The molecule has 0 radical (unpaired) electrons. The molecule has 0 aliphatic carbocycles. The van der Waals surface area contributed by atoms with Gasteiger partial charge in [-0.2, -0.15) is 0 Å². The Labute approximate surface area is 155 Å². The van der Waals surface area contributed by atoms with Crippen LogP contribution in [0.25, 0.3) is 33.2 Å². The summed E-state index contributed by atoms with van der Waals surface area (Å²) in [6.07, 6.45) is 2.23. The fourth-order valence-electron chi connectivity index (χ4n) is 4.03. The van der Waals surface area contributed by atoms with Crippen molar-refractivity contribution in [1.29, 1.82) is 0 Å². The van der Waals surface area contributed by atoms with E-state index in [-0.39, 0.29) is 0 Å². The molecule has 0 saturated carbocycles. The summed E-state index contributed by atoms with van der Waals surface area (Å²) in [5.41, 5.74) is 9.53. The highest BCUT2D eigenvalue weighted by Gasteiger charge is 2.22. The van der Waals surface area contributed by atoms with Crippen LogP contribution in [0, 0.1) is 20.8 Å². The van der Waals surface area contributed by atoms with Crippen molar-refractivity contribution in [3.8, 4) is 11.3 Å². The number of hydrogen-bond donors (Lipinski definition) is 0. The molecular weight excluding hydrogens is 318 g/mol. The van der Waals surface area contributed by atoms with Gasteiger partial charge in [0.25, 0.3) is 0 Å². The topological polar surface area (TPSA) is 17.0 Å². The summed E-state index contributed by atoms with van der Waals surface area (Å²) in [5, 5.41) is 2.37. The van der Waals surface area contributed by atoms with E-state index in [9.17, 15) is 0 Å². The molecular formula is C24H26NO+. The quantitative estimate of drug-likeness (QED) is 0.400. The molecule has 0 bridgehead atoms. The monoisotopic (exact) mass is 344 g/mol. The zero-order valence-electron chi connectivity index (χ0n) is 16.5. The van der Waals surface area contributed by atoms with Gasteiger partial charge >= 0.3 is 0 Å². The first-order valence-corrected chi connectivity index (χ1v) is 9.30. The maximum Gasteiger partial charge on any atom is 0.216 e. The average Bonchev–Trinajstić information content (AvgIpc) is 2.92. The van der Waals surface area contributed by atoms with Crippen LogP contribution in [0.4, 0.5) is 0 Å². The van der Waals surface area contributed by atoms with Gasteiger partial charge in [0.2, 0.25) is 5.69 Å². The Morgan fingerprint density at radius 3 is 2.35 bits per heavy atom. The Bertz CT molecular complexity index is 1150. The predicted molar refractivity (Wildman–Crippen MR) is 109 cm³/mol. The molecule has 26 heavy (non-hydrogen) atoms. The smallest absolute Gasteiger partial charge is 0.216 e. The normalized spacial score (nSPS) is 11.8. The maximum atomic E-state index is 6.37. The highest BCUT2D eigenvalue weighted by Crippen LogP contribution is 2.37. The van der Waals surface area contributed by atoms with Crippen LogP contribution < -0.4 is 4.57 Å². The van der Waals surface area contributed by atoms with Gasteiger partial charge in [-0.1, -0.05) is 38.1 Å². The Hall–Kier alpha value is -2.61. The number of nitrogens with zero attached hydrogens (tertiary/aromatic N) is 1. The fraction of sp³-hybridized carbons (Fsp3) is 0.292. The van der Waals surface area contributed by atoms with Crippen LogP contribution in [0.2, 0.25) is 0 Å². The molecule has 2 aromatic carbocycles. The first-order valence-electron chi connectivity index (χ1n) is 9.30. The number of aromatic nitrogens is 1. The van der Waals surface area contributed by atoms with E-state index in [2.05, 4.69) is 88.8 Å². The van der Waals surface area contributed by atoms with Crippen molar-refractivity contribution < 1.29 is 8.98 Å². The zero-order chi connectivity index (χ0) is 18.6. The molecule has 0 unspecified atom stereocenters. The summed E-state index contributed by atoms with van der Waals surface area (Å²) >= 11 is 0. The summed E-state index contributed by atoms with van der Waals surface area (Å²) < 4.78 is 8.60. The van der Waals surface area contributed by atoms with Gasteiger partial charge in [0.15, 0.2) is 6.20 Å². The Morgan fingerprint density at radius 1 is 0.885 bits per heavy atom. The van der Waals surface area contributed by atoms with Crippen molar-refractivity contribution in [3.63, 3.8) is 0 Å². The summed E-state index contributed by atoms with van der Waals surface area (Å²) in [4.78, 5) is 0. The van der Waals surface area contributed by atoms with Crippen LogP contribution >= 0.6 is 0 Å². The van der Waals surface area contributed by atoms with E-state index < -0.39 is 0 Å². The molecule has 0 amide bonds. The third-order valence-electron chi connectivity index (χ3n) is 5.40. The number of hydrogen-bond acceptors (Lipinski definition) is 1. The molecule has 4 aromatic rings. The van der Waals surface area contributed by atoms with Gasteiger partial charge in [-0.15, -0.1) is 0 Å². The van der Waals surface area contributed by atoms with Crippen LogP contribution in [0.15, 0.2) is 47.0 Å². The highest BCUT2D eigenvalue weighted by atomic mass is 16.3. The van der Waals surface area contributed by atoms with Crippen molar-refractivity contribution in [2.45, 2.75) is 40.5 Å². The second kappa shape index (κ2) is 5.98. The lowest BCUT2D eigenvalue weighted by Gasteiger charge is -2.12. The summed E-state index contributed by atoms with van der Waals surface area (Å²) in [5.74, 6) is 0.493. The molecule has 0 aliphatic rings. The van der Waals surface area contributed by atoms with Crippen molar-refractivity contribution in [2.75, 3.05) is 0 Å². The third kappa shape index (κ3) is 2.52. The highest BCUT2D eigenvalue weighted by molar-refractivity contribution is 6.09. The first kappa shape index (κ1) is 16.8. The molecule has 0 saturated heterocycles. The van der Waals surface area contributed by atoms with Crippen molar-refractivity contribution >= 4 is 21.9 Å². The lowest BCUT2D eigenvalue weighted by Crippen LogP contribution is -2.32. The molecule has 2 aromatic heterocycles. The number of fused-ring (bicyclic) bond motifs is 3. The minimum absolute atomic E-state index is 0.493. The summed E-state index contributed by atoms with van der Waals surface area (Å²) in [6.45, 7) is 11.0. The van der Waals surface area contributed by atoms with Crippen LogP contribution in [-0.2, 0) is 7.05 Å². The van der Waals surface area contributed by atoms with E-state index in [0.717, 1.165) is 11.2 Å². The molecule has 0 spiro atoms. The van der Waals surface area contributed by atoms with Crippen LogP contribution in [-0.4, -0.2) is 0 Å². The lowest BCUT2D eigenvalue weighted by molar-refractivity contribution is -0.660. The summed E-state index contributed by atoms with van der Waals surface area (Å²) in [7, 11) is 2.12. The number of aryl methyl sites for hydroxylation is 4. The van der Waals surface area contributed by atoms with E-state index in [1.165, 1.54) is 44.3 Å². The molecule has 132 valence electrons.